The van der Waals surface area contributed by atoms with E-state index in [1.54, 1.807) is 18.5 Å². The van der Waals surface area contributed by atoms with Crippen molar-refractivity contribution in [3.8, 4) is 0 Å². The standard InChI is InChI=1S/C15H20BrN5O3S/c1-2-21-11-18-20-14(21)6-8-17-15(22)7-9-19-25(23,24)13-5-3-4-12(16)10-13/h3-5,10-11,19H,2,6-9H2,1H3,(H,17,22). The van der Waals surface area contributed by atoms with Crippen LogP contribution in [0.2, 0.25) is 0 Å². The fourth-order valence-electron chi connectivity index (χ4n) is 2.16. The van der Waals surface area contributed by atoms with Crippen LogP contribution in [0.25, 0.3) is 0 Å². The summed E-state index contributed by atoms with van der Waals surface area (Å²) in [4.78, 5) is 12.0. The fraction of sp³-hybridized carbons (Fsp3) is 0.400. The first-order valence-corrected chi connectivity index (χ1v) is 10.1. The maximum Gasteiger partial charge on any atom is 0.240 e. The quantitative estimate of drug-likeness (QED) is 0.620. The number of nitrogens with one attached hydrogen (secondary N) is 2. The number of sulfonamides is 1. The van der Waals surface area contributed by atoms with Crippen molar-refractivity contribution in [1.29, 1.82) is 0 Å². The molecule has 2 N–H and O–H groups in total. The lowest BCUT2D eigenvalue weighted by Gasteiger charge is -2.08. The molecule has 2 rings (SSSR count). The van der Waals surface area contributed by atoms with Gasteiger partial charge in [0.05, 0.1) is 4.90 Å². The van der Waals surface area contributed by atoms with Gasteiger partial charge in [-0.3, -0.25) is 4.79 Å². The summed E-state index contributed by atoms with van der Waals surface area (Å²) < 4.78 is 29.2. The molecule has 0 saturated heterocycles. The van der Waals surface area contributed by atoms with Crippen molar-refractivity contribution in [1.82, 2.24) is 24.8 Å². The monoisotopic (exact) mass is 429 g/mol. The van der Waals surface area contributed by atoms with E-state index in [4.69, 9.17) is 0 Å². The molecule has 0 unspecified atom stereocenters. The molecule has 0 saturated carbocycles. The van der Waals surface area contributed by atoms with Crippen LogP contribution in [0.5, 0.6) is 0 Å². The van der Waals surface area contributed by atoms with Crippen LogP contribution in [0.15, 0.2) is 40.0 Å². The van der Waals surface area contributed by atoms with Gasteiger partial charge < -0.3 is 9.88 Å². The number of hydrogen-bond donors (Lipinski definition) is 2. The first-order chi connectivity index (χ1) is 11.9. The van der Waals surface area contributed by atoms with Crippen LogP contribution in [-0.4, -0.2) is 42.2 Å². The summed E-state index contributed by atoms with van der Waals surface area (Å²) in [6.45, 7) is 3.22. The van der Waals surface area contributed by atoms with Gasteiger partial charge in [0.2, 0.25) is 15.9 Å². The Hall–Kier alpha value is -1.78. The SMILES string of the molecule is CCn1cnnc1CCNC(=O)CCNS(=O)(=O)c1cccc(Br)c1. The van der Waals surface area contributed by atoms with Gasteiger partial charge in [0.25, 0.3) is 0 Å². The Morgan fingerprint density at radius 2 is 2.12 bits per heavy atom. The highest BCUT2D eigenvalue weighted by Gasteiger charge is 2.14. The zero-order chi connectivity index (χ0) is 18.3. The molecule has 25 heavy (non-hydrogen) atoms. The van der Waals surface area contributed by atoms with Gasteiger partial charge in [0.1, 0.15) is 12.2 Å². The molecule has 0 aliphatic rings. The van der Waals surface area contributed by atoms with Gasteiger partial charge >= 0.3 is 0 Å². The van der Waals surface area contributed by atoms with Gasteiger partial charge in [-0.15, -0.1) is 10.2 Å². The highest BCUT2D eigenvalue weighted by Crippen LogP contribution is 2.15. The molecule has 2 aromatic rings. The zero-order valence-electron chi connectivity index (χ0n) is 13.8. The maximum absolute atomic E-state index is 12.1. The molecular weight excluding hydrogens is 410 g/mol. The average molecular weight is 430 g/mol. The predicted octanol–water partition coefficient (Wildman–Crippen LogP) is 1.09. The highest BCUT2D eigenvalue weighted by atomic mass is 79.9. The molecule has 0 atom stereocenters. The molecular formula is C15H20BrN5O3S. The topological polar surface area (TPSA) is 106 Å². The molecule has 1 aromatic carbocycles. The van der Waals surface area contributed by atoms with Crippen molar-refractivity contribution in [2.24, 2.45) is 0 Å². The molecule has 0 aliphatic carbocycles. The van der Waals surface area contributed by atoms with Gasteiger partial charge in [-0.05, 0) is 25.1 Å². The normalized spacial score (nSPS) is 11.4. The van der Waals surface area contributed by atoms with Crippen LogP contribution in [0, 0.1) is 0 Å². The van der Waals surface area contributed by atoms with Crippen LogP contribution < -0.4 is 10.0 Å². The second kappa shape index (κ2) is 9.07. The van der Waals surface area contributed by atoms with Gasteiger partial charge in [-0.2, -0.15) is 0 Å². The maximum atomic E-state index is 12.1. The third kappa shape index (κ3) is 5.91. The molecule has 0 radical (unpaired) electrons. The smallest absolute Gasteiger partial charge is 0.240 e. The van der Waals surface area contributed by atoms with E-state index in [9.17, 15) is 13.2 Å². The van der Waals surface area contributed by atoms with Crippen molar-refractivity contribution < 1.29 is 13.2 Å². The Labute approximate surface area is 155 Å². The number of halogens is 1. The minimum Gasteiger partial charge on any atom is -0.356 e. The lowest BCUT2D eigenvalue weighted by molar-refractivity contribution is -0.120. The van der Waals surface area contributed by atoms with E-state index in [0.29, 0.717) is 17.4 Å². The van der Waals surface area contributed by atoms with Crippen LogP contribution in [-0.2, 0) is 27.8 Å². The van der Waals surface area contributed by atoms with Gasteiger partial charge in [0.15, 0.2) is 0 Å². The highest BCUT2D eigenvalue weighted by molar-refractivity contribution is 9.10. The number of carbonyl (C=O) groups is 1. The number of nitrogens with zero attached hydrogens (tertiary/aromatic N) is 3. The minimum absolute atomic E-state index is 0.0336. The Kier molecular flexibility index (Phi) is 7.09. The third-order valence-corrected chi connectivity index (χ3v) is 5.41. The summed E-state index contributed by atoms with van der Waals surface area (Å²) >= 11 is 3.23. The van der Waals surface area contributed by atoms with Crippen molar-refractivity contribution in [3.63, 3.8) is 0 Å². The van der Waals surface area contributed by atoms with Crippen molar-refractivity contribution >= 4 is 31.9 Å². The second-order valence-corrected chi connectivity index (χ2v) is 7.92. The number of aryl methyl sites for hydroxylation is 1. The van der Waals surface area contributed by atoms with Gasteiger partial charge in [-0.25, -0.2) is 13.1 Å². The summed E-state index contributed by atoms with van der Waals surface area (Å²) in [5.74, 6) is 0.581. The third-order valence-electron chi connectivity index (χ3n) is 3.46. The number of hydrogen-bond acceptors (Lipinski definition) is 5. The summed E-state index contributed by atoms with van der Waals surface area (Å²) in [6.07, 6.45) is 2.28. The van der Waals surface area contributed by atoms with Crippen molar-refractivity contribution in [2.75, 3.05) is 13.1 Å². The zero-order valence-corrected chi connectivity index (χ0v) is 16.2. The van der Waals surface area contributed by atoms with E-state index >= 15 is 0 Å². The van der Waals surface area contributed by atoms with Crippen LogP contribution >= 0.6 is 15.9 Å². The van der Waals surface area contributed by atoms with Gasteiger partial charge in [-0.1, -0.05) is 22.0 Å². The summed E-state index contributed by atoms with van der Waals surface area (Å²) in [7, 11) is -3.63. The molecule has 136 valence electrons. The van der Waals surface area contributed by atoms with Gasteiger partial charge in [0, 0.05) is 36.9 Å². The van der Waals surface area contributed by atoms with Crippen LogP contribution in [0.3, 0.4) is 0 Å². The number of amides is 1. The van der Waals surface area contributed by atoms with E-state index in [2.05, 4.69) is 36.2 Å². The largest absolute Gasteiger partial charge is 0.356 e. The Morgan fingerprint density at radius 3 is 2.84 bits per heavy atom. The predicted molar refractivity (Wildman–Crippen MR) is 96.4 cm³/mol. The summed E-state index contributed by atoms with van der Waals surface area (Å²) in [5, 5.41) is 10.6. The molecule has 0 aliphatic heterocycles. The summed E-state index contributed by atoms with van der Waals surface area (Å²) in [5.41, 5.74) is 0. The number of carbonyl (C=O) groups excluding carboxylic acids is 1. The molecule has 0 bridgehead atoms. The van der Waals surface area contributed by atoms with E-state index in [1.165, 1.54) is 12.1 Å². The number of benzene rings is 1. The molecule has 1 amide bonds. The van der Waals surface area contributed by atoms with Crippen molar-refractivity contribution in [2.45, 2.75) is 31.2 Å². The lowest BCUT2D eigenvalue weighted by Crippen LogP contribution is -2.32. The lowest BCUT2D eigenvalue weighted by atomic mass is 10.3. The molecule has 0 spiro atoms. The molecule has 0 fully saturated rings. The first-order valence-electron chi connectivity index (χ1n) is 7.81. The van der Waals surface area contributed by atoms with Crippen LogP contribution in [0.1, 0.15) is 19.2 Å². The molecule has 1 aromatic heterocycles. The number of rotatable bonds is 9. The van der Waals surface area contributed by atoms with Crippen molar-refractivity contribution in [3.05, 3.63) is 40.9 Å². The molecule has 10 heteroatoms. The Bertz CT molecular complexity index is 822. The van der Waals surface area contributed by atoms with Crippen LogP contribution in [0.4, 0.5) is 0 Å². The number of aromatic nitrogens is 3. The fourth-order valence-corrected chi connectivity index (χ4v) is 3.78. The van der Waals surface area contributed by atoms with E-state index < -0.39 is 10.0 Å². The van der Waals surface area contributed by atoms with E-state index in [1.807, 2.05) is 11.5 Å². The average Bonchev–Trinajstić information content (AvgIpc) is 3.02. The van der Waals surface area contributed by atoms with E-state index in [0.717, 1.165) is 12.4 Å². The summed E-state index contributed by atoms with van der Waals surface area (Å²) in [6, 6.07) is 6.38. The minimum atomic E-state index is -3.63. The molecule has 8 nitrogen and oxygen atoms in total. The van der Waals surface area contributed by atoms with E-state index in [-0.39, 0.29) is 23.8 Å². The molecule has 1 heterocycles. The Balaban J connectivity index is 1.73. The second-order valence-electron chi connectivity index (χ2n) is 5.24. The Morgan fingerprint density at radius 1 is 1.32 bits per heavy atom. The first kappa shape index (κ1) is 19.5.